The summed E-state index contributed by atoms with van der Waals surface area (Å²) in [5.41, 5.74) is 4.84. The highest BCUT2D eigenvalue weighted by atomic mass is 32.2. The van der Waals surface area contributed by atoms with Crippen molar-refractivity contribution in [2.75, 3.05) is 30.8 Å². The average molecular weight is 387 g/mol. The molecule has 1 aromatic carbocycles. The van der Waals surface area contributed by atoms with Crippen LogP contribution in [0.3, 0.4) is 0 Å². The number of nitriles is 1. The van der Waals surface area contributed by atoms with E-state index in [2.05, 4.69) is 46.7 Å². The quantitative estimate of drug-likeness (QED) is 0.873. The molecule has 0 spiro atoms. The molecule has 1 aliphatic heterocycles. The molecule has 0 aliphatic carbocycles. The van der Waals surface area contributed by atoms with E-state index in [-0.39, 0.29) is 0 Å². The standard InChI is InChI=1S/C20H26N4O2S/c1-14-9-18-19(10-15(14)2)22-13-17(11-21)20(18)24-7-4-5-16(6-8-24)12-23-27(3,25)26/h9-10,13,16,23H,4-8,12H2,1-3H3/t16-/m0/s1. The lowest BCUT2D eigenvalue weighted by molar-refractivity contribution is 0.464. The first kappa shape index (κ1) is 19.6. The fourth-order valence-corrected chi connectivity index (χ4v) is 4.26. The van der Waals surface area contributed by atoms with Crippen LogP contribution in [0.2, 0.25) is 0 Å². The predicted molar refractivity (Wildman–Crippen MR) is 108 cm³/mol. The van der Waals surface area contributed by atoms with Crippen LogP contribution in [0, 0.1) is 31.1 Å². The Morgan fingerprint density at radius 3 is 2.70 bits per heavy atom. The lowest BCUT2D eigenvalue weighted by atomic mass is 10.0. The summed E-state index contributed by atoms with van der Waals surface area (Å²) in [4.78, 5) is 6.75. The third kappa shape index (κ3) is 4.57. The summed E-state index contributed by atoms with van der Waals surface area (Å²) in [5.74, 6) is 0.312. The number of hydrogen-bond donors (Lipinski definition) is 1. The number of anilines is 1. The van der Waals surface area contributed by atoms with E-state index in [9.17, 15) is 13.7 Å². The lowest BCUT2D eigenvalue weighted by Crippen LogP contribution is -2.29. The first-order chi connectivity index (χ1) is 12.8. The van der Waals surface area contributed by atoms with Gasteiger partial charge in [-0.2, -0.15) is 5.26 Å². The van der Waals surface area contributed by atoms with E-state index >= 15 is 0 Å². The van der Waals surface area contributed by atoms with Crippen molar-refractivity contribution in [3.05, 3.63) is 35.0 Å². The number of rotatable bonds is 4. The van der Waals surface area contributed by atoms with Crippen molar-refractivity contribution in [2.45, 2.75) is 33.1 Å². The topological polar surface area (TPSA) is 86.1 Å². The van der Waals surface area contributed by atoms with Crippen LogP contribution in [0.5, 0.6) is 0 Å². The van der Waals surface area contributed by atoms with E-state index in [1.165, 1.54) is 17.4 Å². The summed E-state index contributed by atoms with van der Waals surface area (Å²) in [7, 11) is -3.16. The summed E-state index contributed by atoms with van der Waals surface area (Å²) >= 11 is 0. The number of nitrogens with one attached hydrogen (secondary N) is 1. The zero-order chi connectivity index (χ0) is 19.6. The molecule has 27 heavy (non-hydrogen) atoms. The van der Waals surface area contributed by atoms with Crippen LogP contribution >= 0.6 is 0 Å². The minimum atomic E-state index is -3.16. The van der Waals surface area contributed by atoms with Crippen molar-refractivity contribution in [2.24, 2.45) is 5.92 Å². The summed E-state index contributed by atoms with van der Waals surface area (Å²) in [6.07, 6.45) is 5.70. The smallest absolute Gasteiger partial charge is 0.208 e. The molecule has 0 unspecified atom stereocenters. The fourth-order valence-electron chi connectivity index (χ4n) is 3.72. The maximum Gasteiger partial charge on any atom is 0.208 e. The Balaban J connectivity index is 1.90. The zero-order valence-corrected chi connectivity index (χ0v) is 16.9. The molecule has 7 heteroatoms. The van der Waals surface area contributed by atoms with Crippen LogP contribution in [0.15, 0.2) is 18.3 Å². The number of pyridine rings is 1. The Labute approximate surface area is 161 Å². The third-order valence-corrected chi connectivity index (χ3v) is 6.06. The minimum Gasteiger partial charge on any atom is -0.370 e. The lowest BCUT2D eigenvalue weighted by Gasteiger charge is -2.26. The second-order valence-corrected chi connectivity index (χ2v) is 9.32. The predicted octanol–water partition coefficient (Wildman–Crippen LogP) is 2.88. The summed E-state index contributed by atoms with van der Waals surface area (Å²) in [6, 6.07) is 6.50. The second kappa shape index (κ2) is 7.83. The van der Waals surface area contributed by atoms with Gasteiger partial charge in [0, 0.05) is 31.2 Å². The molecule has 1 atom stereocenters. The van der Waals surface area contributed by atoms with Gasteiger partial charge in [-0.15, -0.1) is 0 Å². The number of fused-ring (bicyclic) bond motifs is 1. The molecule has 0 saturated carbocycles. The van der Waals surface area contributed by atoms with Crippen molar-refractivity contribution in [3.63, 3.8) is 0 Å². The van der Waals surface area contributed by atoms with Crippen molar-refractivity contribution in [1.29, 1.82) is 5.26 Å². The molecule has 0 bridgehead atoms. The summed E-state index contributed by atoms with van der Waals surface area (Å²) < 4.78 is 25.4. The molecule has 3 rings (SSSR count). The number of aromatic nitrogens is 1. The molecule has 6 nitrogen and oxygen atoms in total. The van der Waals surface area contributed by atoms with Crippen LogP contribution < -0.4 is 9.62 Å². The molecule has 0 amide bonds. The molecular formula is C20H26N4O2S. The molecule has 1 aliphatic rings. The van der Waals surface area contributed by atoms with Crippen molar-refractivity contribution < 1.29 is 8.42 Å². The van der Waals surface area contributed by atoms with Gasteiger partial charge >= 0.3 is 0 Å². The molecule has 2 heterocycles. The van der Waals surface area contributed by atoms with Gasteiger partial charge in [-0.3, -0.25) is 4.98 Å². The van der Waals surface area contributed by atoms with E-state index in [0.29, 0.717) is 18.0 Å². The van der Waals surface area contributed by atoms with Gasteiger partial charge in [0.05, 0.1) is 23.0 Å². The zero-order valence-electron chi connectivity index (χ0n) is 16.1. The van der Waals surface area contributed by atoms with Crippen molar-refractivity contribution >= 4 is 26.6 Å². The SMILES string of the molecule is Cc1cc2ncc(C#N)c(N3CCC[C@H](CNS(C)(=O)=O)CC3)c2cc1C. The number of hydrogen-bond acceptors (Lipinski definition) is 5. The van der Waals surface area contributed by atoms with E-state index in [1.54, 1.807) is 6.20 Å². The first-order valence-corrected chi connectivity index (χ1v) is 11.2. The van der Waals surface area contributed by atoms with E-state index in [4.69, 9.17) is 0 Å². The first-order valence-electron chi connectivity index (χ1n) is 9.28. The Bertz CT molecular complexity index is 995. The number of sulfonamides is 1. The minimum absolute atomic E-state index is 0.312. The Morgan fingerprint density at radius 1 is 1.26 bits per heavy atom. The van der Waals surface area contributed by atoms with Gasteiger partial charge in [-0.25, -0.2) is 13.1 Å². The maximum absolute atomic E-state index is 11.4. The van der Waals surface area contributed by atoms with Crippen LogP contribution in [-0.4, -0.2) is 39.3 Å². The van der Waals surface area contributed by atoms with E-state index in [0.717, 1.165) is 48.9 Å². The molecule has 1 fully saturated rings. The molecule has 1 aromatic heterocycles. The molecule has 2 aromatic rings. The monoisotopic (exact) mass is 386 g/mol. The van der Waals surface area contributed by atoms with Crippen molar-refractivity contribution in [3.8, 4) is 6.07 Å². The van der Waals surface area contributed by atoms with Gasteiger partial charge in [0.1, 0.15) is 6.07 Å². The molecule has 1 N–H and O–H groups in total. The van der Waals surface area contributed by atoms with Crippen LogP contribution in [0.25, 0.3) is 10.9 Å². The molecular weight excluding hydrogens is 360 g/mol. The highest BCUT2D eigenvalue weighted by molar-refractivity contribution is 7.88. The van der Waals surface area contributed by atoms with Gasteiger partial charge in [0.15, 0.2) is 0 Å². The van der Waals surface area contributed by atoms with Gasteiger partial charge in [-0.05, 0) is 62.3 Å². The highest BCUT2D eigenvalue weighted by Crippen LogP contribution is 2.33. The molecule has 0 radical (unpaired) electrons. The van der Waals surface area contributed by atoms with Crippen LogP contribution in [-0.2, 0) is 10.0 Å². The normalized spacial score (nSPS) is 18.3. The highest BCUT2D eigenvalue weighted by Gasteiger charge is 2.22. The third-order valence-electron chi connectivity index (χ3n) is 5.37. The van der Waals surface area contributed by atoms with Gasteiger partial charge in [0.2, 0.25) is 10.0 Å². The van der Waals surface area contributed by atoms with Gasteiger partial charge < -0.3 is 4.90 Å². The Kier molecular flexibility index (Phi) is 5.68. The largest absolute Gasteiger partial charge is 0.370 e. The van der Waals surface area contributed by atoms with Crippen molar-refractivity contribution in [1.82, 2.24) is 9.71 Å². The van der Waals surface area contributed by atoms with Crippen LogP contribution in [0.1, 0.15) is 36.0 Å². The Hall–Kier alpha value is -2.17. The van der Waals surface area contributed by atoms with E-state index in [1.807, 2.05) is 0 Å². The maximum atomic E-state index is 11.4. The number of aryl methyl sites for hydroxylation is 2. The molecule has 144 valence electrons. The summed E-state index contributed by atoms with van der Waals surface area (Å²) in [5, 5.41) is 10.7. The fraction of sp³-hybridized carbons (Fsp3) is 0.500. The molecule has 1 saturated heterocycles. The second-order valence-electron chi connectivity index (χ2n) is 7.49. The van der Waals surface area contributed by atoms with E-state index < -0.39 is 10.0 Å². The Morgan fingerprint density at radius 2 is 2.00 bits per heavy atom. The van der Waals surface area contributed by atoms with Crippen LogP contribution in [0.4, 0.5) is 5.69 Å². The van der Waals surface area contributed by atoms with Gasteiger partial charge in [-0.1, -0.05) is 0 Å². The average Bonchev–Trinajstić information content (AvgIpc) is 2.85. The number of nitrogens with zero attached hydrogens (tertiary/aromatic N) is 3. The number of benzene rings is 1. The summed E-state index contributed by atoms with van der Waals surface area (Å²) in [6.45, 7) is 6.28. The van der Waals surface area contributed by atoms with Gasteiger partial charge in [0.25, 0.3) is 0 Å².